The Bertz CT molecular complexity index is 302. The van der Waals surface area contributed by atoms with Gasteiger partial charge in [0.2, 0.25) is 5.95 Å². The van der Waals surface area contributed by atoms with Crippen molar-refractivity contribution in [3.8, 4) is 0 Å². The fraction of sp³-hybridized carbons (Fsp3) is 0.556. The molecule has 1 aliphatic heterocycles. The molecule has 1 N–H and O–H groups in total. The number of aromatic nitrogens is 2. The number of hydrogen-bond donors (Lipinski definition) is 1. The second kappa shape index (κ2) is 4.59. The molecule has 2 heterocycles. The van der Waals surface area contributed by atoms with Crippen molar-refractivity contribution in [1.29, 1.82) is 0 Å². The molecule has 0 aliphatic carbocycles. The SMILES string of the molecule is Fc1cc(NC2CCCSC2)ncn1. The van der Waals surface area contributed by atoms with Crippen LogP contribution in [0.3, 0.4) is 0 Å². The average Bonchev–Trinajstić information content (AvgIpc) is 2.19. The van der Waals surface area contributed by atoms with Gasteiger partial charge in [0.25, 0.3) is 0 Å². The van der Waals surface area contributed by atoms with Gasteiger partial charge < -0.3 is 5.32 Å². The Morgan fingerprint density at radius 1 is 1.50 bits per heavy atom. The van der Waals surface area contributed by atoms with Crippen LogP contribution in [0.2, 0.25) is 0 Å². The first-order valence-electron chi connectivity index (χ1n) is 4.66. The number of hydrogen-bond acceptors (Lipinski definition) is 4. The summed E-state index contributed by atoms with van der Waals surface area (Å²) in [6.45, 7) is 0. The highest BCUT2D eigenvalue weighted by atomic mass is 32.2. The van der Waals surface area contributed by atoms with Crippen molar-refractivity contribution < 1.29 is 4.39 Å². The van der Waals surface area contributed by atoms with Gasteiger partial charge in [-0.25, -0.2) is 9.97 Å². The van der Waals surface area contributed by atoms with E-state index in [2.05, 4.69) is 15.3 Å². The summed E-state index contributed by atoms with van der Waals surface area (Å²) in [5.41, 5.74) is 0. The standard InChI is InChI=1S/C9H12FN3S/c10-8-4-9(12-6-11-8)13-7-2-1-3-14-5-7/h4,6-7H,1-3,5H2,(H,11,12,13). The van der Waals surface area contributed by atoms with Crippen LogP contribution in [0, 0.1) is 5.95 Å². The molecule has 0 bridgehead atoms. The Kier molecular flexibility index (Phi) is 3.18. The van der Waals surface area contributed by atoms with Crippen LogP contribution in [0.4, 0.5) is 10.2 Å². The van der Waals surface area contributed by atoms with Crippen molar-refractivity contribution >= 4 is 17.6 Å². The van der Waals surface area contributed by atoms with E-state index in [0.717, 1.165) is 12.2 Å². The second-order valence-electron chi connectivity index (χ2n) is 3.28. The molecular formula is C9H12FN3S. The Hall–Kier alpha value is -0.840. The number of anilines is 1. The zero-order valence-corrected chi connectivity index (χ0v) is 8.56. The Morgan fingerprint density at radius 2 is 2.43 bits per heavy atom. The molecular weight excluding hydrogens is 201 g/mol. The van der Waals surface area contributed by atoms with E-state index in [1.165, 1.54) is 24.6 Å². The normalized spacial score (nSPS) is 21.9. The minimum atomic E-state index is -0.481. The number of halogens is 1. The predicted molar refractivity (Wildman–Crippen MR) is 56.0 cm³/mol. The van der Waals surface area contributed by atoms with Crippen LogP contribution in [0.5, 0.6) is 0 Å². The average molecular weight is 213 g/mol. The van der Waals surface area contributed by atoms with Crippen LogP contribution in [-0.4, -0.2) is 27.5 Å². The van der Waals surface area contributed by atoms with E-state index < -0.39 is 5.95 Å². The van der Waals surface area contributed by atoms with Gasteiger partial charge in [0.1, 0.15) is 12.1 Å². The number of rotatable bonds is 2. The van der Waals surface area contributed by atoms with Gasteiger partial charge >= 0.3 is 0 Å². The quantitative estimate of drug-likeness (QED) is 0.762. The van der Waals surface area contributed by atoms with Gasteiger partial charge in [-0.15, -0.1) is 0 Å². The molecule has 0 saturated carbocycles. The molecule has 1 aromatic heterocycles. The van der Waals surface area contributed by atoms with Gasteiger partial charge in [-0.05, 0) is 18.6 Å². The Balaban J connectivity index is 1.95. The molecule has 3 nitrogen and oxygen atoms in total. The van der Waals surface area contributed by atoms with Gasteiger partial charge in [-0.2, -0.15) is 16.2 Å². The molecule has 0 aromatic carbocycles. The third-order valence-electron chi connectivity index (χ3n) is 2.15. The van der Waals surface area contributed by atoms with E-state index >= 15 is 0 Å². The molecule has 76 valence electrons. The highest BCUT2D eigenvalue weighted by Gasteiger charge is 2.13. The number of nitrogens with one attached hydrogen (secondary N) is 1. The maximum atomic E-state index is 12.7. The fourth-order valence-corrected chi connectivity index (χ4v) is 2.55. The number of thioether (sulfide) groups is 1. The summed E-state index contributed by atoms with van der Waals surface area (Å²) < 4.78 is 12.7. The molecule has 14 heavy (non-hydrogen) atoms. The molecule has 1 atom stereocenters. The molecule has 1 aliphatic rings. The lowest BCUT2D eigenvalue weighted by Gasteiger charge is -2.22. The summed E-state index contributed by atoms with van der Waals surface area (Å²) >= 11 is 1.93. The summed E-state index contributed by atoms with van der Waals surface area (Å²) in [7, 11) is 0. The van der Waals surface area contributed by atoms with Crippen LogP contribution in [0.1, 0.15) is 12.8 Å². The van der Waals surface area contributed by atoms with E-state index in [1.54, 1.807) is 0 Å². The van der Waals surface area contributed by atoms with Gasteiger partial charge in [-0.3, -0.25) is 0 Å². The van der Waals surface area contributed by atoms with Crippen molar-refractivity contribution in [3.63, 3.8) is 0 Å². The first-order valence-corrected chi connectivity index (χ1v) is 5.82. The minimum absolute atomic E-state index is 0.419. The first-order chi connectivity index (χ1) is 6.84. The Morgan fingerprint density at radius 3 is 3.14 bits per heavy atom. The highest BCUT2D eigenvalue weighted by molar-refractivity contribution is 7.99. The van der Waals surface area contributed by atoms with Crippen LogP contribution in [0.25, 0.3) is 0 Å². The fourth-order valence-electron chi connectivity index (χ4n) is 1.48. The van der Waals surface area contributed by atoms with E-state index in [-0.39, 0.29) is 0 Å². The molecule has 0 radical (unpaired) electrons. The van der Waals surface area contributed by atoms with Crippen molar-refractivity contribution in [2.24, 2.45) is 0 Å². The topological polar surface area (TPSA) is 37.8 Å². The van der Waals surface area contributed by atoms with Gasteiger partial charge in [-0.1, -0.05) is 0 Å². The van der Waals surface area contributed by atoms with Crippen molar-refractivity contribution in [2.75, 3.05) is 16.8 Å². The third-order valence-corrected chi connectivity index (χ3v) is 3.36. The third kappa shape index (κ3) is 2.57. The molecule has 2 rings (SSSR count). The van der Waals surface area contributed by atoms with E-state index in [1.807, 2.05) is 11.8 Å². The van der Waals surface area contributed by atoms with Crippen molar-refractivity contribution in [2.45, 2.75) is 18.9 Å². The van der Waals surface area contributed by atoms with Crippen LogP contribution < -0.4 is 5.32 Å². The number of nitrogens with zero attached hydrogens (tertiary/aromatic N) is 2. The van der Waals surface area contributed by atoms with Gasteiger partial charge in [0.05, 0.1) is 0 Å². The predicted octanol–water partition coefficient (Wildman–Crippen LogP) is 1.92. The Labute approximate surface area is 86.5 Å². The largest absolute Gasteiger partial charge is 0.366 e. The zero-order valence-electron chi connectivity index (χ0n) is 7.74. The van der Waals surface area contributed by atoms with Crippen LogP contribution in [-0.2, 0) is 0 Å². The molecule has 1 saturated heterocycles. The lowest BCUT2D eigenvalue weighted by molar-refractivity contribution is 0.579. The second-order valence-corrected chi connectivity index (χ2v) is 4.43. The van der Waals surface area contributed by atoms with Crippen molar-refractivity contribution in [1.82, 2.24) is 9.97 Å². The van der Waals surface area contributed by atoms with E-state index in [9.17, 15) is 4.39 Å². The monoisotopic (exact) mass is 213 g/mol. The summed E-state index contributed by atoms with van der Waals surface area (Å²) in [6, 6.07) is 1.75. The summed E-state index contributed by atoms with van der Waals surface area (Å²) in [5, 5.41) is 3.21. The minimum Gasteiger partial charge on any atom is -0.366 e. The smallest absolute Gasteiger partial charge is 0.217 e. The van der Waals surface area contributed by atoms with Gasteiger partial charge in [0.15, 0.2) is 0 Å². The highest BCUT2D eigenvalue weighted by Crippen LogP contribution is 2.19. The summed E-state index contributed by atoms with van der Waals surface area (Å²) in [4.78, 5) is 7.37. The van der Waals surface area contributed by atoms with Gasteiger partial charge in [0, 0.05) is 17.9 Å². The lowest BCUT2D eigenvalue weighted by atomic mass is 10.2. The van der Waals surface area contributed by atoms with E-state index in [4.69, 9.17) is 0 Å². The zero-order chi connectivity index (χ0) is 9.80. The van der Waals surface area contributed by atoms with Crippen LogP contribution >= 0.6 is 11.8 Å². The molecule has 1 fully saturated rings. The molecule has 1 unspecified atom stereocenters. The molecule has 0 amide bonds. The van der Waals surface area contributed by atoms with Crippen molar-refractivity contribution in [3.05, 3.63) is 18.3 Å². The lowest BCUT2D eigenvalue weighted by Crippen LogP contribution is -2.26. The molecule has 1 aromatic rings. The van der Waals surface area contributed by atoms with Crippen LogP contribution in [0.15, 0.2) is 12.4 Å². The summed E-state index contributed by atoms with van der Waals surface area (Å²) in [5.74, 6) is 2.41. The maximum Gasteiger partial charge on any atom is 0.217 e. The van der Waals surface area contributed by atoms with E-state index in [0.29, 0.717) is 11.9 Å². The molecule has 0 spiro atoms. The first kappa shape index (κ1) is 9.71. The maximum absolute atomic E-state index is 12.7. The summed E-state index contributed by atoms with van der Waals surface area (Å²) in [6.07, 6.45) is 3.60. The molecule has 5 heteroatoms.